The lowest BCUT2D eigenvalue weighted by Crippen LogP contribution is -2.16. The van der Waals surface area contributed by atoms with Gasteiger partial charge in [-0.15, -0.1) is 11.3 Å². The van der Waals surface area contributed by atoms with Crippen LogP contribution in [-0.2, 0) is 23.0 Å². The minimum atomic E-state index is -3.61. The van der Waals surface area contributed by atoms with Crippen LogP contribution in [0.4, 0.5) is 5.13 Å². The van der Waals surface area contributed by atoms with E-state index in [1.807, 2.05) is 33.0 Å². The van der Waals surface area contributed by atoms with Crippen LogP contribution in [0.5, 0.6) is 0 Å². The smallest absolute Gasteiger partial charge is 0.263 e. The van der Waals surface area contributed by atoms with Crippen LogP contribution < -0.4 is 10.0 Å². The van der Waals surface area contributed by atoms with E-state index in [-0.39, 0.29) is 0 Å². The second-order valence-electron chi connectivity index (χ2n) is 4.71. The molecule has 0 unspecified atom stereocenters. The molecule has 0 fully saturated rings. The molecule has 0 aliphatic rings. The Bertz CT molecular complexity index is 724. The Hall–Kier alpha value is -1.44. The minimum Gasteiger partial charge on any atom is -0.316 e. The number of nitrogens with one attached hydrogen (secondary N) is 2. The van der Waals surface area contributed by atoms with Crippen LogP contribution in [-0.4, -0.2) is 20.4 Å². The molecule has 2 aromatic rings. The topological polar surface area (TPSA) is 71.1 Å². The van der Waals surface area contributed by atoms with Gasteiger partial charge in [-0.2, -0.15) is 0 Å². The Balaban J connectivity index is 2.39. The normalized spacial score (nSPS) is 11.6. The van der Waals surface area contributed by atoms with Crippen LogP contribution in [0, 0.1) is 6.92 Å². The van der Waals surface area contributed by atoms with Crippen LogP contribution in [0.25, 0.3) is 0 Å². The van der Waals surface area contributed by atoms with Gasteiger partial charge in [0.25, 0.3) is 10.0 Å². The molecule has 2 rings (SSSR count). The fourth-order valence-electron chi connectivity index (χ4n) is 2.03. The van der Waals surface area contributed by atoms with E-state index in [1.54, 1.807) is 12.3 Å². The van der Waals surface area contributed by atoms with Gasteiger partial charge in [0.05, 0.1) is 4.90 Å². The molecule has 0 spiro atoms. The van der Waals surface area contributed by atoms with E-state index in [0.717, 1.165) is 16.0 Å². The standard InChI is InChI=1S/C14H19N3O2S2/c1-4-12-6-5-11(9-15-3)7-13(12)21(18,19)17-14-16-8-10(2)20-14/h5-8,15H,4,9H2,1-3H3,(H,16,17). The zero-order valence-corrected chi connectivity index (χ0v) is 13.9. The fraction of sp³-hybridized carbons (Fsp3) is 0.357. The molecule has 0 aliphatic carbocycles. The summed E-state index contributed by atoms with van der Waals surface area (Å²) in [4.78, 5) is 5.35. The average molecular weight is 325 g/mol. The third-order valence-corrected chi connectivity index (χ3v) is 5.40. The van der Waals surface area contributed by atoms with Crippen molar-refractivity contribution < 1.29 is 8.42 Å². The Morgan fingerprint density at radius 1 is 1.33 bits per heavy atom. The molecular formula is C14H19N3O2S2. The summed E-state index contributed by atoms with van der Waals surface area (Å²) < 4.78 is 27.7. The summed E-state index contributed by atoms with van der Waals surface area (Å²) in [5.74, 6) is 0. The van der Waals surface area contributed by atoms with E-state index in [1.165, 1.54) is 11.3 Å². The first-order chi connectivity index (χ1) is 9.96. The average Bonchev–Trinajstić information content (AvgIpc) is 2.83. The number of anilines is 1. The van der Waals surface area contributed by atoms with E-state index in [4.69, 9.17) is 0 Å². The van der Waals surface area contributed by atoms with Gasteiger partial charge in [0.15, 0.2) is 5.13 Å². The number of aromatic nitrogens is 1. The summed E-state index contributed by atoms with van der Waals surface area (Å²) in [6, 6.07) is 5.54. The second kappa shape index (κ2) is 6.55. The number of thiazole rings is 1. The van der Waals surface area contributed by atoms with Crippen molar-refractivity contribution in [2.75, 3.05) is 11.8 Å². The van der Waals surface area contributed by atoms with Crippen molar-refractivity contribution in [3.05, 3.63) is 40.4 Å². The van der Waals surface area contributed by atoms with Crippen LogP contribution in [0.3, 0.4) is 0 Å². The summed E-state index contributed by atoms with van der Waals surface area (Å²) >= 11 is 1.32. The van der Waals surface area contributed by atoms with Gasteiger partial charge in [-0.3, -0.25) is 4.72 Å². The highest BCUT2D eigenvalue weighted by atomic mass is 32.2. The fourth-order valence-corrected chi connectivity index (χ4v) is 4.30. The number of sulfonamides is 1. The van der Waals surface area contributed by atoms with E-state index >= 15 is 0 Å². The monoisotopic (exact) mass is 325 g/mol. The predicted octanol–water partition coefficient (Wildman–Crippen LogP) is 2.53. The molecule has 0 aliphatic heterocycles. The summed E-state index contributed by atoms with van der Waals surface area (Å²) in [6.07, 6.45) is 2.31. The van der Waals surface area contributed by atoms with Crippen molar-refractivity contribution in [3.63, 3.8) is 0 Å². The maximum absolute atomic E-state index is 12.6. The zero-order valence-electron chi connectivity index (χ0n) is 12.3. The van der Waals surface area contributed by atoms with Gasteiger partial charge in [-0.25, -0.2) is 13.4 Å². The van der Waals surface area contributed by atoms with Crippen molar-refractivity contribution in [1.82, 2.24) is 10.3 Å². The molecule has 1 aromatic carbocycles. The number of benzene rings is 1. The van der Waals surface area contributed by atoms with Crippen molar-refractivity contribution in [3.8, 4) is 0 Å². The van der Waals surface area contributed by atoms with Gasteiger partial charge in [-0.1, -0.05) is 19.1 Å². The lowest BCUT2D eigenvalue weighted by Gasteiger charge is -2.12. The molecule has 0 saturated carbocycles. The highest BCUT2D eigenvalue weighted by Gasteiger charge is 2.19. The second-order valence-corrected chi connectivity index (χ2v) is 7.59. The molecule has 7 heteroatoms. The van der Waals surface area contributed by atoms with Gasteiger partial charge in [0.1, 0.15) is 0 Å². The number of hydrogen-bond donors (Lipinski definition) is 2. The predicted molar refractivity (Wildman–Crippen MR) is 86.2 cm³/mol. The van der Waals surface area contributed by atoms with Crippen LogP contribution in [0.1, 0.15) is 22.9 Å². The molecule has 114 valence electrons. The first-order valence-corrected chi connectivity index (χ1v) is 8.98. The van der Waals surface area contributed by atoms with E-state index < -0.39 is 10.0 Å². The Morgan fingerprint density at radius 3 is 2.67 bits per heavy atom. The van der Waals surface area contributed by atoms with Crippen molar-refractivity contribution >= 4 is 26.5 Å². The quantitative estimate of drug-likeness (QED) is 0.856. The van der Waals surface area contributed by atoms with Gasteiger partial charge < -0.3 is 5.32 Å². The molecule has 0 saturated heterocycles. The van der Waals surface area contributed by atoms with E-state index in [2.05, 4.69) is 15.0 Å². The number of hydrogen-bond acceptors (Lipinski definition) is 5. The van der Waals surface area contributed by atoms with E-state index in [0.29, 0.717) is 23.0 Å². The summed E-state index contributed by atoms with van der Waals surface area (Å²) in [7, 11) is -1.78. The first kappa shape index (κ1) is 15.9. The van der Waals surface area contributed by atoms with Gasteiger partial charge in [-0.05, 0) is 37.6 Å². The van der Waals surface area contributed by atoms with Gasteiger partial charge in [0, 0.05) is 17.6 Å². The number of aryl methyl sites for hydroxylation is 2. The number of rotatable bonds is 6. The summed E-state index contributed by atoms with van der Waals surface area (Å²) in [6.45, 7) is 4.46. The highest BCUT2D eigenvalue weighted by molar-refractivity contribution is 7.93. The lowest BCUT2D eigenvalue weighted by molar-refractivity contribution is 0.600. The molecule has 0 amide bonds. The SMILES string of the molecule is CCc1ccc(CNC)cc1S(=O)(=O)Nc1ncc(C)s1. The molecule has 0 radical (unpaired) electrons. The van der Waals surface area contributed by atoms with Crippen LogP contribution in [0.2, 0.25) is 0 Å². The molecule has 1 aromatic heterocycles. The van der Waals surface area contributed by atoms with E-state index in [9.17, 15) is 8.42 Å². The molecule has 21 heavy (non-hydrogen) atoms. The van der Waals surface area contributed by atoms with Gasteiger partial charge >= 0.3 is 0 Å². The van der Waals surface area contributed by atoms with Gasteiger partial charge in [0.2, 0.25) is 0 Å². The molecule has 1 heterocycles. The Labute approximate surface area is 129 Å². The molecule has 2 N–H and O–H groups in total. The third kappa shape index (κ3) is 3.81. The maximum atomic E-state index is 12.6. The van der Waals surface area contributed by atoms with Crippen LogP contribution in [0.15, 0.2) is 29.3 Å². The molecule has 0 atom stereocenters. The van der Waals surface area contributed by atoms with Crippen molar-refractivity contribution in [2.24, 2.45) is 0 Å². The summed E-state index contributed by atoms with van der Waals surface area (Å²) in [5, 5.41) is 3.42. The minimum absolute atomic E-state index is 0.325. The summed E-state index contributed by atoms with van der Waals surface area (Å²) in [5.41, 5.74) is 1.74. The van der Waals surface area contributed by atoms with Crippen molar-refractivity contribution in [2.45, 2.75) is 31.7 Å². The maximum Gasteiger partial charge on any atom is 0.263 e. The molecular weight excluding hydrogens is 306 g/mol. The van der Waals surface area contributed by atoms with Crippen molar-refractivity contribution in [1.29, 1.82) is 0 Å². The largest absolute Gasteiger partial charge is 0.316 e. The van der Waals surface area contributed by atoms with Crippen LogP contribution >= 0.6 is 11.3 Å². The first-order valence-electron chi connectivity index (χ1n) is 6.68. The third-order valence-electron chi connectivity index (χ3n) is 3.03. The number of nitrogens with zero attached hydrogens (tertiary/aromatic N) is 1. The zero-order chi connectivity index (χ0) is 15.5. The lowest BCUT2D eigenvalue weighted by atomic mass is 10.1. The Morgan fingerprint density at radius 2 is 2.10 bits per heavy atom. The highest BCUT2D eigenvalue weighted by Crippen LogP contribution is 2.24. The Kier molecular flexibility index (Phi) is 4.97. The molecule has 0 bridgehead atoms. The molecule has 5 nitrogen and oxygen atoms in total.